The summed E-state index contributed by atoms with van der Waals surface area (Å²) in [6.45, 7) is 4.19. The minimum Gasteiger partial charge on any atom is -0.469 e. The molecule has 1 unspecified atom stereocenters. The van der Waals surface area contributed by atoms with E-state index in [1.807, 2.05) is 12.1 Å². The number of hydrogen-bond donors (Lipinski definition) is 1. The third kappa shape index (κ3) is 2.46. The van der Waals surface area contributed by atoms with Crippen LogP contribution in [-0.2, 0) is 12.8 Å². The first kappa shape index (κ1) is 16.7. The number of pyridine rings is 1. The van der Waals surface area contributed by atoms with Gasteiger partial charge in [0, 0.05) is 30.6 Å². The van der Waals surface area contributed by atoms with Crippen LogP contribution in [0.4, 0.5) is 5.69 Å². The Balaban J connectivity index is 1.70. The van der Waals surface area contributed by atoms with Crippen LogP contribution in [0, 0.1) is 5.41 Å². The van der Waals surface area contributed by atoms with Gasteiger partial charge in [0.05, 0.1) is 28.1 Å². The Morgan fingerprint density at radius 1 is 1.22 bits per heavy atom. The molecule has 0 radical (unpaired) electrons. The van der Waals surface area contributed by atoms with E-state index in [1.165, 1.54) is 11.3 Å². The van der Waals surface area contributed by atoms with Crippen molar-refractivity contribution in [3.05, 3.63) is 45.9 Å². The van der Waals surface area contributed by atoms with Crippen LogP contribution in [0.2, 0.25) is 0 Å². The Kier molecular flexibility index (Phi) is 3.41. The first-order chi connectivity index (χ1) is 12.8. The van der Waals surface area contributed by atoms with E-state index in [4.69, 9.17) is 15.1 Å². The van der Waals surface area contributed by atoms with Gasteiger partial charge in [-0.15, -0.1) is 11.3 Å². The van der Waals surface area contributed by atoms with E-state index in [9.17, 15) is 9.59 Å². The number of carbonyl (C=O) groups excluding carboxylic acids is 2. The summed E-state index contributed by atoms with van der Waals surface area (Å²) in [5, 5.41) is 0.819. The van der Waals surface area contributed by atoms with Crippen molar-refractivity contribution < 1.29 is 14.0 Å². The molecule has 0 fully saturated rings. The molecule has 0 amide bonds. The molecular weight excluding hydrogens is 360 g/mol. The molecule has 3 aromatic heterocycles. The molecule has 6 heteroatoms. The van der Waals surface area contributed by atoms with E-state index in [0.717, 1.165) is 38.5 Å². The summed E-state index contributed by atoms with van der Waals surface area (Å²) >= 11 is 1.42. The molecule has 138 valence electrons. The minimum absolute atomic E-state index is 0.00546. The largest absolute Gasteiger partial charge is 0.469 e. The molecule has 2 N–H and O–H groups in total. The van der Waals surface area contributed by atoms with Crippen LogP contribution in [0.25, 0.3) is 10.2 Å². The fourth-order valence-corrected chi connectivity index (χ4v) is 5.70. The molecule has 0 aliphatic heterocycles. The molecule has 5 rings (SSSR count). The zero-order chi connectivity index (χ0) is 18.9. The average molecular weight is 380 g/mol. The van der Waals surface area contributed by atoms with Crippen molar-refractivity contribution in [1.29, 1.82) is 0 Å². The maximum atomic E-state index is 12.9. The number of carbonyl (C=O) groups is 2. The lowest BCUT2D eigenvalue weighted by molar-refractivity contribution is 0.0916. The summed E-state index contributed by atoms with van der Waals surface area (Å²) in [7, 11) is 0. The SMILES string of the molecule is CC1(C)CC(=O)c2sc3nc4c(c(N)c3c2C1)C(=O)CC(c1ccco1)C4. The predicted octanol–water partition coefficient (Wildman–Crippen LogP) is 4.54. The highest BCUT2D eigenvalue weighted by atomic mass is 32.1. The molecule has 5 nitrogen and oxygen atoms in total. The first-order valence-corrected chi connectivity index (χ1v) is 9.99. The lowest BCUT2D eigenvalue weighted by Crippen LogP contribution is -2.26. The third-order valence-corrected chi connectivity index (χ3v) is 6.86. The normalized spacial score (nSPS) is 21.3. The molecule has 3 aromatic rings. The van der Waals surface area contributed by atoms with Crippen LogP contribution < -0.4 is 5.73 Å². The van der Waals surface area contributed by atoms with E-state index in [-0.39, 0.29) is 22.9 Å². The lowest BCUT2D eigenvalue weighted by Gasteiger charge is -2.28. The van der Waals surface area contributed by atoms with E-state index in [1.54, 1.807) is 6.26 Å². The van der Waals surface area contributed by atoms with Crippen LogP contribution in [0.3, 0.4) is 0 Å². The Hall–Kier alpha value is -2.47. The number of furan rings is 1. The standard InChI is InChI=1S/C21H20N2O3S/c1-21(2)8-11-16-18(22)17-12(23-20(16)27-19(11)14(25)9-21)6-10(7-13(17)24)15-4-3-5-26-15/h3-5,10H,6-9H2,1-2H3,(H2,22,23). The summed E-state index contributed by atoms with van der Waals surface area (Å²) in [5.74, 6) is 0.948. The number of anilines is 1. The highest BCUT2D eigenvalue weighted by Crippen LogP contribution is 2.46. The van der Waals surface area contributed by atoms with Gasteiger partial charge >= 0.3 is 0 Å². The Bertz CT molecular complexity index is 1110. The smallest absolute Gasteiger partial charge is 0.173 e. The molecule has 0 saturated carbocycles. The number of thiophene rings is 1. The van der Waals surface area contributed by atoms with Gasteiger partial charge in [-0.1, -0.05) is 13.8 Å². The Morgan fingerprint density at radius 3 is 2.78 bits per heavy atom. The number of fused-ring (bicyclic) bond motifs is 4. The van der Waals surface area contributed by atoms with Gasteiger partial charge in [-0.3, -0.25) is 9.59 Å². The van der Waals surface area contributed by atoms with Crippen molar-refractivity contribution in [2.75, 3.05) is 5.73 Å². The monoisotopic (exact) mass is 380 g/mol. The van der Waals surface area contributed by atoms with Gasteiger partial charge in [0.2, 0.25) is 0 Å². The quantitative estimate of drug-likeness (QED) is 0.670. The van der Waals surface area contributed by atoms with Crippen molar-refractivity contribution in [2.24, 2.45) is 5.41 Å². The van der Waals surface area contributed by atoms with Gasteiger partial charge in [0.1, 0.15) is 10.6 Å². The molecule has 2 aliphatic carbocycles. The molecular formula is C21H20N2O3S. The van der Waals surface area contributed by atoms with Crippen LogP contribution in [0.5, 0.6) is 0 Å². The summed E-state index contributed by atoms with van der Waals surface area (Å²) in [5.41, 5.74) is 9.15. The van der Waals surface area contributed by atoms with E-state index in [0.29, 0.717) is 30.5 Å². The number of rotatable bonds is 1. The predicted molar refractivity (Wildman–Crippen MR) is 105 cm³/mol. The van der Waals surface area contributed by atoms with Gasteiger partial charge in [-0.25, -0.2) is 4.98 Å². The number of hydrogen-bond acceptors (Lipinski definition) is 6. The van der Waals surface area contributed by atoms with E-state index >= 15 is 0 Å². The number of nitrogens with zero attached hydrogens (tertiary/aromatic N) is 1. The number of Topliss-reactive ketones (excluding diaryl/α,β-unsaturated/α-hetero) is 2. The number of ketones is 2. The number of nitrogens with two attached hydrogens (primary N) is 1. The van der Waals surface area contributed by atoms with E-state index < -0.39 is 0 Å². The fraction of sp³-hybridized carbons (Fsp3) is 0.381. The van der Waals surface area contributed by atoms with Crippen molar-refractivity contribution in [3.8, 4) is 0 Å². The molecule has 2 aliphatic rings. The Morgan fingerprint density at radius 2 is 2.04 bits per heavy atom. The third-order valence-electron chi connectivity index (χ3n) is 5.70. The second-order valence-corrected chi connectivity index (χ2v) is 9.42. The zero-order valence-electron chi connectivity index (χ0n) is 15.3. The topological polar surface area (TPSA) is 86.2 Å². The zero-order valence-corrected chi connectivity index (χ0v) is 16.1. The van der Waals surface area contributed by atoms with Gasteiger partial charge in [-0.05, 0) is 29.5 Å². The van der Waals surface area contributed by atoms with Gasteiger partial charge in [-0.2, -0.15) is 0 Å². The minimum atomic E-state index is -0.102. The maximum Gasteiger partial charge on any atom is 0.173 e. The number of nitrogen functional groups attached to an aromatic ring is 1. The number of aromatic nitrogens is 1. The van der Waals surface area contributed by atoms with Crippen molar-refractivity contribution in [2.45, 2.75) is 45.4 Å². The first-order valence-electron chi connectivity index (χ1n) is 9.17. The molecule has 0 spiro atoms. The van der Waals surface area contributed by atoms with Crippen molar-refractivity contribution in [1.82, 2.24) is 4.98 Å². The van der Waals surface area contributed by atoms with Crippen molar-refractivity contribution >= 4 is 38.8 Å². The summed E-state index contributed by atoms with van der Waals surface area (Å²) < 4.78 is 5.50. The maximum absolute atomic E-state index is 12.9. The molecule has 27 heavy (non-hydrogen) atoms. The molecule has 3 heterocycles. The highest BCUT2D eigenvalue weighted by Gasteiger charge is 2.37. The molecule has 0 aromatic carbocycles. The molecule has 1 atom stereocenters. The van der Waals surface area contributed by atoms with Crippen LogP contribution in [0.15, 0.2) is 22.8 Å². The molecule has 0 bridgehead atoms. The van der Waals surface area contributed by atoms with Gasteiger partial charge < -0.3 is 10.2 Å². The van der Waals surface area contributed by atoms with Gasteiger partial charge in [0.25, 0.3) is 0 Å². The second-order valence-electron chi connectivity index (χ2n) is 8.42. The van der Waals surface area contributed by atoms with Crippen molar-refractivity contribution in [3.63, 3.8) is 0 Å². The summed E-state index contributed by atoms with van der Waals surface area (Å²) in [6.07, 6.45) is 3.93. The second kappa shape index (κ2) is 5.52. The highest BCUT2D eigenvalue weighted by molar-refractivity contribution is 7.20. The fourth-order valence-electron chi connectivity index (χ4n) is 4.53. The van der Waals surface area contributed by atoms with Crippen LogP contribution in [0.1, 0.15) is 69.7 Å². The van der Waals surface area contributed by atoms with Crippen LogP contribution >= 0.6 is 11.3 Å². The summed E-state index contributed by atoms with van der Waals surface area (Å²) in [4.78, 5) is 31.9. The molecule has 0 saturated heterocycles. The summed E-state index contributed by atoms with van der Waals surface area (Å²) in [6, 6.07) is 3.73. The Labute approximate surface area is 160 Å². The van der Waals surface area contributed by atoms with Crippen LogP contribution in [-0.4, -0.2) is 16.6 Å². The van der Waals surface area contributed by atoms with Gasteiger partial charge in [0.15, 0.2) is 11.6 Å². The van der Waals surface area contributed by atoms with E-state index in [2.05, 4.69) is 13.8 Å². The average Bonchev–Trinajstić information content (AvgIpc) is 3.21. The lowest BCUT2D eigenvalue weighted by atomic mass is 9.75.